The van der Waals surface area contributed by atoms with Crippen molar-refractivity contribution >= 4 is 10.9 Å². The summed E-state index contributed by atoms with van der Waals surface area (Å²) in [5.74, 6) is 0.172. The molecule has 2 atom stereocenters. The molecular formula is C12H15NO. The van der Waals surface area contributed by atoms with Crippen molar-refractivity contribution < 1.29 is 5.11 Å². The monoisotopic (exact) mass is 189 g/mol. The molecule has 2 heteroatoms. The van der Waals surface area contributed by atoms with Crippen molar-refractivity contribution in [2.75, 3.05) is 0 Å². The van der Waals surface area contributed by atoms with Crippen LogP contribution in [0.25, 0.3) is 10.9 Å². The van der Waals surface area contributed by atoms with E-state index in [2.05, 4.69) is 11.1 Å². The first kappa shape index (κ1) is 9.28. The van der Waals surface area contributed by atoms with Gasteiger partial charge in [-0.2, -0.15) is 0 Å². The molecule has 1 heterocycles. The largest absolute Gasteiger partial charge is 0.393 e. The van der Waals surface area contributed by atoms with Gasteiger partial charge in [-0.15, -0.1) is 0 Å². The van der Waals surface area contributed by atoms with Gasteiger partial charge in [-0.3, -0.25) is 0 Å². The zero-order valence-electron chi connectivity index (χ0n) is 8.49. The van der Waals surface area contributed by atoms with E-state index in [0.717, 1.165) is 5.52 Å². The van der Waals surface area contributed by atoms with E-state index in [4.69, 9.17) is 0 Å². The number of benzene rings is 1. The summed E-state index contributed by atoms with van der Waals surface area (Å²) in [5, 5.41) is 10.7. The van der Waals surface area contributed by atoms with Gasteiger partial charge < -0.3 is 10.1 Å². The first-order valence-electron chi connectivity index (χ1n) is 4.94. The summed E-state index contributed by atoms with van der Waals surface area (Å²) in [5.41, 5.74) is 2.32. The molecule has 74 valence electrons. The van der Waals surface area contributed by atoms with E-state index in [9.17, 15) is 5.11 Å². The number of rotatable bonds is 2. The van der Waals surface area contributed by atoms with E-state index in [1.807, 2.05) is 38.2 Å². The first-order chi connectivity index (χ1) is 6.70. The third-order valence-electron chi connectivity index (χ3n) is 2.84. The lowest BCUT2D eigenvalue weighted by molar-refractivity contribution is 0.169. The molecule has 0 bridgehead atoms. The van der Waals surface area contributed by atoms with Gasteiger partial charge in [-0.1, -0.05) is 25.1 Å². The van der Waals surface area contributed by atoms with Gasteiger partial charge in [0.2, 0.25) is 0 Å². The minimum Gasteiger partial charge on any atom is -0.393 e. The Labute approximate surface area is 83.6 Å². The number of aromatic nitrogens is 1. The van der Waals surface area contributed by atoms with Gasteiger partial charge in [0.05, 0.1) is 6.10 Å². The normalized spacial score (nSPS) is 15.6. The Balaban J connectivity index is 2.53. The van der Waals surface area contributed by atoms with Crippen molar-refractivity contribution in [3.05, 3.63) is 36.0 Å². The third kappa shape index (κ3) is 1.42. The van der Waals surface area contributed by atoms with Gasteiger partial charge in [0.1, 0.15) is 0 Å². The summed E-state index contributed by atoms with van der Waals surface area (Å²) < 4.78 is 0. The minimum absolute atomic E-state index is 0.172. The molecule has 0 saturated heterocycles. The smallest absolute Gasteiger partial charge is 0.0578 e. The molecule has 0 aliphatic carbocycles. The maximum Gasteiger partial charge on any atom is 0.0578 e. The number of nitrogens with one attached hydrogen (secondary N) is 1. The number of aliphatic hydroxyl groups is 1. The van der Waals surface area contributed by atoms with Crippen LogP contribution in [0.4, 0.5) is 0 Å². The Kier molecular flexibility index (Phi) is 2.30. The summed E-state index contributed by atoms with van der Waals surface area (Å²) in [6, 6.07) is 8.16. The van der Waals surface area contributed by atoms with Crippen LogP contribution in [0.15, 0.2) is 30.5 Å². The Bertz CT molecular complexity index is 431. The van der Waals surface area contributed by atoms with Crippen LogP contribution in [-0.4, -0.2) is 16.2 Å². The van der Waals surface area contributed by atoms with Crippen molar-refractivity contribution in [1.29, 1.82) is 0 Å². The van der Waals surface area contributed by atoms with Crippen LogP contribution < -0.4 is 0 Å². The second-order valence-electron chi connectivity index (χ2n) is 3.82. The molecule has 2 aromatic rings. The van der Waals surface area contributed by atoms with Crippen molar-refractivity contribution in [1.82, 2.24) is 4.98 Å². The second kappa shape index (κ2) is 3.46. The molecule has 0 fully saturated rings. The molecule has 2 nitrogen and oxygen atoms in total. The summed E-state index contributed by atoms with van der Waals surface area (Å²) in [6.07, 6.45) is 1.68. The van der Waals surface area contributed by atoms with Gasteiger partial charge in [0.25, 0.3) is 0 Å². The highest BCUT2D eigenvalue weighted by Crippen LogP contribution is 2.27. The third-order valence-corrected chi connectivity index (χ3v) is 2.84. The van der Waals surface area contributed by atoms with Gasteiger partial charge in [0.15, 0.2) is 0 Å². The number of aliphatic hydroxyl groups excluding tert-OH is 1. The number of hydrogen-bond donors (Lipinski definition) is 2. The summed E-state index contributed by atoms with van der Waals surface area (Å²) >= 11 is 0. The van der Waals surface area contributed by atoms with Crippen LogP contribution in [0.5, 0.6) is 0 Å². The fourth-order valence-corrected chi connectivity index (χ4v) is 1.73. The Morgan fingerprint density at radius 3 is 2.64 bits per heavy atom. The minimum atomic E-state index is -0.311. The van der Waals surface area contributed by atoms with E-state index in [1.165, 1.54) is 10.9 Å². The number of H-pyrrole nitrogens is 1. The number of fused-ring (bicyclic) bond motifs is 1. The molecule has 14 heavy (non-hydrogen) atoms. The zero-order chi connectivity index (χ0) is 10.1. The van der Waals surface area contributed by atoms with E-state index >= 15 is 0 Å². The second-order valence-corrected chi connectivity index (χ2v) is 3.82. The maximum absolute atomic E-state index is 9.54. The maximum atomic E-state index is 9.54. The molecule has 0 aliphatic rings. The highest BCUT2D eigenvalue weighted by atomic mass is 16.3. The molecular weight excluding hydrogens is 174 g/mol. The molecule has 2 N–H and O–H groups in total. The summed E-state index contributed by atoms with van der Waals surface area (Å²) in [6.45, 7) is 3.87. The van der Waals surface area contributed by atoms with Crippen LogP contribution in [0.1, 0.15) is 25.3 Å². The van der Waals surface area contributed by atoms with E-state index < -0.39 is 0 Å². The van der Waals surface area contributed by atoms with Crippen LogP contribution in [0, 0.1) is 0 Å². The molecule has 0 spiro atoms. The quantitative estimate of drug-likeness (QED) is 0.748. The van der Waals surface area contributed by atoms with E-state index in [-0.39, 0.29) is 12.0 Å². The summed E-state index contributed by atoms with van der Waals surface area (Å²) in [4.78, 5) is 3.21. The Morgan fingerprint density at radius 2 is 1.93 bits per heavy atom. The first-order valence-corrected chi connectivity index (χ1v) is 4.94. The average Bonchev–Trinajstić information content (AvgIpc) is 2.60. The SMILES string of the molecule is C[C@@H](O)[C@@H](C)c1c[nH]c2ccccc12. The van der Waals surface area contributed by atoms with E-state index in [0.29, 0.717) is 0 Å². The molecule has 0 radical (unpaired) electrons. The van der Waals surface area contributed by atoms with E-state index in [1.54, 1.807) is 0 Å². The molecule has 0 aliphatic heterocycles. The highest BCUT2D eigenvalue weighted by Gasteiger charge is 2.14. The number of aromatic amines is 1. The number of hydrogen-bond acceptors (Lipinski definition) is 1. The average molecular weight is 189 g/mol. The fourth-order valence-electron chi connectivity index (χ4n) is 1.73. The topological polar surface area (TPSA) is 36.0 Å². The van der Waals surface area contributed by atoms with Crippen molar-refractivity contribution in [3.63, 3.8) is 0 Å². The lowest BCUT2D eigenvalue weighted by Gasteiger charge is -2.13. The highest BCUT2D eigenvalue weighted by molar-refractivity contribution is 5.83. The van der Waals surface area contributed by atoms with Crippen molar-refractivity contribution in [2.45, 2.75) is 25.9 Å². The Hall–Kier alpha value is -1.28. The summed E-state index contributed by atoms with van der Waals surface area (Å²) in [7, 11) is 0. The molecule has 1 aromatic carbocycles. The predicted molar refractivity (Wildman–Crippen MR) is 58.4 cm³/mol. The lowest BCUT2D eigenvalue weighted by Crippen LogP contribution is -2.10. The molecule has 1 aromatic heterocycles. The van der Waals surface area contributed by atoms with Gasteiger partial charge in [-0.25, -0.2) is 0 Å². The molecule has 0 saturated carbocycles. The standard InChI is InChI=1S/C12H15NO/c1-8(9(2)14)11-7-13-12-6-4-3-5-10(11)12/h3-9,13-14H,1-2H3/t8-,9-/m1/s1. The van der Waals surface area contributed by atoms with Crippen molar-refractivity contribution in [2.24, 2.45) is 0 Å². The predicted octanol–water partition coefficient (Wildman–Crippen LogP) is 2.65. The van der Waals surface area contributed by atoms with Crippen LogP contribution in [0.2, 0.25) is 0 Å². The lowest BCUT2D eigenvalue weighted by atomic mass is 9.96. The van der Waals surface area contributed by atoms with Crippen LogP contribution in [0.3, 0.4) is 0 Å². The van der Waals surface area contributed by atoms with Crippen LogP contribution >= 0.6 is 0 Å². The fraction of sp³-hybridized carbons (Fsp3) is 0.333. The van der Waals surface area contributed by atoms with Crippen LogP contribution in [-0.2, 0) is 0 Å². The van der Waals surface area contributed by atoms with Gasteiger partial charge in [0, 0.05) is 23.0 Å². The van der Waals surface area contributed by atoms with Gasteiger partial charge >= 0.3 is 0 Å². The molecule has 2 rings (SSSR count). The van der Waals surface area contributed by atoms with Gasteiger partial charge in [-0.05, 0) is 18.6 Å². The zero-order valence-corrected chi connectivity index (χ0v) is 8.49. The molecule has 0 amide bonds. The van der Waals surface area contributed by atoms with Crippen molar-refractivity contribution in [3.8, 4) is 0 Å². The number of para-hydroxylation sites is 1. The Morgan fingerprint density at radius 1 is 1.21 bits per heavy atom. The molecule has 0 unspecified atom stereocenters.